The quantitative estimate of drug-likeness (QED) is 0.164. The molecular formula is C59H40. The predicted octanol–water partition coefficient (Wildman–Crippen LogP) is 16.3. The van der Waals surface area contributed by atoms with Gasteiger partial charge >= 0.3 is 0 Å². The Morgan fingerprint density at radius 1 is 0.254 bits per heavy atom. The zero-order valence-corrected chi connectivity index (χ0v) is 33.1. The standard InChI is InChI=1S/C59H40/c1-59(2)56-35-46(28-30-51(56)52-31-29-47(36-57(52)59)42-20-18-40(19-21-42)45-27-24-37-8-3-4-9-44(37)34-45)41-16-14-38(15-17-41)39-22-25-43(26-23-39)48-32-33-55-50-11-6-5-10-49(50)54-13-7-12-53(48)58(54)55/h3-36H,1-2H3. The number of hydrogen-bond acceptors (Lipinski definition) is 0. The van der Waals surface area contributed by atoms with Crippen LogP contribution in [0, 0.1) is 0 Å². The molecule has 0 aliphatic heterocycles. The van der Waals surface area contributed by atoms with Crippen molar-refractivity contribution in [2.24, 2.45) is 0 Å². The Labute approximate surface area is 345 Å². The van der Waals surface area contributed by atoms with Gasteiger partial charge in [-0.1, -0.05) is 202 Å². The summed E-state index contributed by atoms with van der Waals surface area (Å²) in [6.07, 6.45) is 0. The molecule has 0 saturated carbocycles. The Bertz CT molecular complexity index is 3280. The van der Waals surface area contributed by atoms with Crippen LogP contribution in [0.1, 0.15) is 25.0 Å². The van der Waals surface area contributed by atoms with E-state index in [2.05, 4.69) is 220 Å². The minimum absolute atomic E-state index is 0.113. The first kappa shape index (κ1) is 33.8. The van der Waals surface area contributed by atoms with Gasteiger partial charge in [0.15, 0.2) is 0 Å². The second kappa shape index (κ2) is 12.9. The van der Waals surface area contributed by atoms with E-state index in [0.29, 0.717) is 0 Å². The van der Waals surface area contributed by atoms with Gasteiger partial charge in [-0.2, -0.15) is 0 Å². The Hall–Kier alpha value is -7.28. The zero-order chi connectivity index (χ0) is 39.2. The van der Waals surface area contributed by atoms with Crippen LogP contribution in [0.15, 0.2) is 206 Å². The van der Waals surface area contributed by atoms with Gasteiger partial charge in [-0.15, -0.1) is 0 Å². The van der Waals surface area contributed by atoms with Crippen LogP contribution < -0.4 is 0 Å². The van der Waals surface area contributed by atoms with Crippen molar-refractivity contribution in [3.63, 3.8) is 0 Å². The Morgan fingerprint density at radius 3 is 1.22 bits per heavy atom. The molecule has 0 unspecified atom stereocenters. The largest absolute Gasteiger partial charge is 0.0616 e. The van der Waals surface area contributed by atoms with Crippen molar-refractivity contribution >= 4 is 21.5 Å². The number of fused-ring (bicyclic) bond motifs is 7. The number of rotatable bonds is 5. The van der Waals surface area contributed by atoms with Gasteiger partial charge in [0, 0.05) is 5.41 Å². The van der Waals surface area contributed by atoms with E-state index in [4.69, 9.17) is 0 Å². The van der Waals surface area contributed by atoms with Crippen molar-refractivity contribution in [1.82, 2.24) is 0 Å². The summed E-state index contributed by atoms with van der Waals surface area (Å²) in [5, 5.41) is 5.23. The van der Waals surface area contributed by atoms with Gasteiger partial charge in [0.2, 0.25) is 0 Å². The van der Waals surface area contributed by atoms with Crippen LogP contribution in [-0.2, 0) is 5.41 Å². The van der Waals surface area contributed by atoms with Gasteiger partial charge in [0.05, 0.1) is 0 Å². The topological polar surface area (TPSA) is 0 Å². The molecule has 2 aliphatic carbocycles. The fourth-order valence-electron chi connectivity index (χ4n) is 10.1. The number of hydrogen-bond donors (Lipinski definition) is 0. The van der Waals surface area contributed by atoms with Crippen LogP contribution in [0.2, 0.25) is 0 Å². The summed E-state index contributed by atoms with van der Waals surface area (Å²) in [7, 11) is 0. The molecule has 0 spiro atoms. The van der Waals surface area contributed by atoms with Crippen LogP contribution in [0.3, 0.4) is 0 Å². The Morgan fingerprint density at radius 2 is 0.644 bits per heavy atom. The lowest BCUT2D eigenvalue weighted by molar-refractivity contribution is 0.661. The molecule has 0 fully saturated rings. The molecule has 0 saturated heterocycles. The maximum absolute atomic E-state index is 2.42. The highest BCUT2D eigenvalue weighted by molar-refractivity contribution is 6.18. The molecular weight excluding hydrogens is 709 g/mol. The SMILES string of the molecule is CC1(C)c2cc(-c3ccc(-c4ccc(-c5ccc6c7c(cccc57)-c5ccccc5-6)cc4)cc3)ccc2-c2ccc(-c3ccc(-c4ccc5ccccc5c4)cc3)cc21. The Kier molecular flexibility index (Phi) is 7.38. The lowest BCUT2D eigenvalue weighted by Gasteiger charge is -2.22. The van der Waals surface area contributed by atoms with Crippen LogP contribution in [0.25, 0.3) is 111 Å². The van der Waals surface area contributed by atoms with E-state index < -0.39 is 0 Å². The summed E-state index contributed by atoms with van der Waals surface area (Å²) in [6.45, 7) is 4.76. The lowest BCUT2D eigenvalue weighted by Crippen LogP contribution is -2.15. The number of benzene rings is 10. The first-order valence-corrected chi connectivity index (χ1v) is 20.7. The van der Waals surface area contributed by atoms with Crippen LogP contribution in [-0.4, -0.2) is 0 Å². The highest BCUT2D eigenvalue weighted by Crippen LogP contribution is 2.51. The highest BCUT2D eigenvalue weighted by atomic mass is 14.4. The lowest BCUT2D eigenvalue weighted by atomic mass is 9.80. The van der Waals surface area contributed by atoms with E-state index >= 15 is 0 Å². The smallest absolute Gasteiger partial charge is 0.0159 e. The van der Waals surface area contributed by atoms with E-state index in [-0.39, 0.29) is 5.41 Å². The third-order valence-electron chi connectivity index (χ3n) is 13.3. The van der Waals surface area contributed by atoms with Gasteiger partial charge in [-0.3, -0.25) is 0 Å². The molecule has 0 aromatic heterocycles. The first-order chi connectivity index (χ1) is 29.0. The molecule has 12 rings (SSSR count). The second-order valence-corrected chi connectivity index (χ2v) is 16.9. The van der Waals surface area contributed by atoms with Crippen molar-refractivity contribution < 1.29 is 0 Å². The molecule has 0 radical (unpaired) electrons. The predicted molar refractivity (Wildman–Crippen MR) is 251 cm³/mol. The summed E-state index contributed by atoms with van der Waals surface area (Å²) in [5.41, 5.74) is 23.2. The average Bonchev–Trinajstić information content (AvgIpc) is 3.74. The van der Waals surface area contributed by atoms with Crippen molar-refractivity contribution in [2.45, 2.75) is 19.3 Å². The molecule has 0 N–H and O–H groups in total. The molecule has 10 aromatic rings. The Balaban J connectivity index is 0.794. The maximum Gasteiger partial charge on any atom is 0.0159 e. The van der Waals surface area contributed by atoms with Crippen LogP contribution >= 0.6 is 0 Å². The van der Waals surface area contributed by atoms with Gasteiger partial charge in [0.25, 0.3) is 0 Å². The zero-order valence-electron chi connectivity index (χ0n) is 33.1. The molecule has 0 bridgehead atoms. The molecule has 0 nitrogen and oxygen atoms in total. The molecule has 0 atom stereocenters. The molecule has 59 heavy (non-hydrogen) atoms. The van der Waals surface area contributed by atoms with Crippen LogP contribution in [0.4, 0.5) is 0 Å². The summed E-state index contributed by atoms with van der Waals surface area (Å²) < 4.78 is 0. The fraction of sp³-hybridized carbons (Fsp3) is 0.0508. The average molecular weight is 749 g/mol. The van der Waals surface area contributed by atoms with Crippen LogP contribution in [0.5, 0.6) is 0 Å². The highest BCUT2D eigenvalue weighted by Gasteiger charge is 2.36. The minimum atomic E-state index is -0.113. The van der Waals surface area contributed by atoms with Crippen molar-refractivity contribution in [3.8, 4) is 89.0 Å². The maximum atomic E-state index is 2.42. The van der Waals surface area contributed by atoms with Crippen molar-refractivity contribution in [3.05, 3.63) is 217 Å². The monoisotopic (exact) mass is 748 g/mol. The molecule has 0 heterocycles. The molecule has 2 aliphatic rings. The van der Waals surface area contributed by atoms with Crippen molar-refractivity contribution in [2.75, 3.05) is 0 Å². The summed E-state index contributed by atoms with van der Waals surface area (Å²) in [4.78, 5) is 0. The third kappa shape index (κ3) is 5.30. The second-order valence-electron chi connectivity index (χ2n) is 16.9. The van der Waals surface area contributed by atoms with E-state index in [9.17, 15) is 0 Å². The minimum Gasteiger partial charge on any atom is -0.0616 e. The van der Waals surface area contributed by atoms with E-state index in [0.717, 1.165) is 0 Å². The molecule has 0 heteroatoms. The van der Waals surface area contributed by atoms with Gasteiger partial charge in [-0.25, -0.2) is 0 Å². The van der Waals surface area contributed by atoms with Gasteiger partial charge in [0.1, 0.15) is 0 Å². The first-order valence-electron chi connectivity index (χ1n) is 20.7. The van der Waals surface area contributed by atoms with Gasteiger partial charge in [-0.05, 0) is 140 Å². The normalized spacial score (nSPS) is 13.1. The summed E-state index contributed by atoms with van der Waals surface area (Å²) in [5.74, 6) is 0. The van der Waals surface area contributed by atoms with E-state index in [1.54, 1.807) is 0 Å². The molecule has 10 aromatic carbocycles. The fourth-order valence-corrected chi connectivity index (χ4v) is 10.1. The molecule has 0 amide bonds. The summed E-state index contributed by atoms with van der Waals surface area (Å²) in [6, 6.07) is 76.8. The van der Waals surface area contributed by atoms with E-state index in [1.807, 2.05) is 0 Å². The van der Waals surface area contributed by atoms with Gasteiger partial charge < -0.3 is 0 Å². The molecule has 276 valence electrons. The summed E-state index contributed by atoms with van der Waals surface area (Å²) >= 11 is 0. The van der Waals surface area contributed by atoms with E-state index in [1.165, 1.54) is 122 Å². The third-order valence-corrected chi connectivity index (χ3v) is 13.3. The van der Waals surface area contributed by atoms with Crippen molar-refractivity contribution in [1.29, 1.82) is 0 Å².